The van der Waals surface area contributed by atoms with E-state index >= 15 is 0 Å². The number of benzene rings is 1. The van der Waals surface area contributed by atoms with Crippen LogP contribution in [0.5, 0.6) is 0 Å². The van der Waals surface area contributed by atoms with Gasteiger partial charge >= 0.3 is 6.09 Å². The number of amides is 1. The second kappa shape index (κ2) is 7.17. The highest BCUT2D eigenvalue weighted by atomic mass is 32.2. The smallest absolute Gasteiger partial charge is 0.414 e. The fourth-order valence-electron chi connectivity index (χ4n) is 3.33. The van der Waals surface area contributed by atoms with Crippen molar-refractivity contribution in [2.75, 3.05) is 23.0 Å². The maximum atomic E-state index is 14.7. The van der Waals surface area contributed by atoms with E-state index in [0.29, 0.717) is 0 Å². The van der Waals surface area contributed by atoms with Crippen molar-refractivity contribution in [2.24, 2.45) is 0 Å². The van der Waals surface area contributed by atoms with Crippen LogP contribution in [0, 0.1) is 17.5 Å². The number of halogens is 3. The van der Waals surface area contributed by atoms with Gasteiger partial charge in [-0.1, -0.05) is 11.3 Å². The third kappa shape index (κ3) is 3.71. The van der Waals surface area contributed by atoms with Crippen molar-refractivity contribution in [3.63, 3.8) is 0 Å². The molecule has 0 N–H and O–H groups in total. The van der Waals surface area contributed by atoms with Crippen molar-refractivity contribution in [2.45, 2.75) is 19.1 Å². The van der Waals surface area contributed by atoms with Crippen LogP contribution >= 0.6 is 0 Å². The van der Waals surface area contributed by atoms with E-state index in [1.807, 2.05) is 0 Å². The Morgan fingerprint density at radius 1 is 1.24 bits per heavy atom. The first-order chi connectivity index (χ1) is 13.7. The van der Waals surface area contributed by atoms with Crippen LogP contribution in [-0.4, -0.2) is 53.7 Å². The molecule has 2 aliphatic heterocycles. The molecule has 3 heterocycles. The zero-order valence-electron chi connectivity index (χ0n) is 14.9. The molecule has 2 aromatic rings. The Kier molecular flexibility index (Phi) is 4.81. The first kappa shape index (κ1) is 19.4. The maximum absolute atomic E-state index is 14.7. The first-order valence-electron chi connectivity index (χ1n) is 8.65. The number of nitrogens with zero attached hydrogens (tertiary/aromatic N) is 4. The number of carbonyl (C=O) groups is 1. The molecule has 29 heavy (non-hydrogen) atoms. The van der Waals surface area contributed by atoms with Crippen LogP contribution in [0.15, 0.2) is 24.5 Å². The molecule has 8 nitrogen and oxygen atoms in total. The minimum absolute atomic E-state index is 0.0772. The van der Waals surface area contributed by atoms with Crippen LogP contribution in [-0.2, 0) is 21.1 Å². The summed E-state index contributed by atoms with van der Waals surface area (Å²) in [6.07, 6.45) is 2.38. The van der Waals surface area contributed by atoms with Gasteiger partial charge in [0, 0.05) is 12.3 Å². The minimum atomic E-state index is -3.31. The zero-order valence-corrected chi connectivity index (χ0v) is 15.7. The number of aromatic nitrogens is 3. The second-order valence-electron chi connectivity index (χ2n) is 6.72. The summed E-state index contributed by atoms with van der Waals surface area (Å²) in [6, 6.07) is 0.719. The minimum Gasteiger partial charge on any atom is -0.442 e. The Balaban J connectivity index is 1.62. The lowest BCUT2D eigenvalue weighted by atomic mass is 10.0. The van der Waals surface area contributed by atoms with Crippen molar-refractivity contribution in [3.05, 3.63) is 47.6 Å². The molecule has 0 bridgehead atoms. The van der Waals surface area contributed by atoms with Crippen LogP contribution < -0.4 is 4.90 Å². The normalized spacial score (nSPS) is 21.2. The SMILES string of the molecule is O=C1O[C@@H](Cn2ccnn2)CN1c1cc(F)c(C2=CCS(=O)(=O)CC2)c(F)c1F. The highest BCUT2D eigenvalue weighted by Gasteiger charge is 2.36. The monoisotopic (exact) mass is 428 g/mol. The lowest BCUT2D eigenvalue weighted by Gasteiger charge is -2.19. The molecule has 1 fully saturated rings. The van der Waals surface area contributed by atoms with E-state index in [1.165, 1.54) is 17.0 Å². The van der Waals surface area contributed by atoms with Crippen LogP contribution in [0.25, 0.3) is 5.57 Å². The number of ether oxygens (including phenoxy) is 1. The number of hydrogen-bond acceptors (Lipinski definition) is 6. The van der Waals surface area contributed by atoms with Crippen LogP contribution in [0.4, 0.5) is 23.7 Å². The summed E-state index contributed by atoms with van der Waals surface area (Å²) in [6.45, 7) is 0.0169. The second-order valence-corrected chi connectivity index (χ2v) is 8.94. The predicted molar refractivity (Wildman–Crippen MR) is 95.2 cm³/mol. The summed E-state index contributed by atoms with van der Waals surface area (Å²) in [5.74, 6) is -4.61. The van der Waals surface area contributed by atoms with E-state index in [0.717, 1.165) is 11.0 Å². The highest BCUT2D eigenvalue weighted by molar-refractivity contribution is 7.91. The maximum Gasteiger partial charge on any atom is 0.414 e. The van der Waals surface area contributed by atoms with Crippen molar-refractivity contribution in [1.82, 2.24) is 15.0 Å². The lowest BCUT2D eigenvalue weighted by Crippen LogP contribution is -2.27. The molecular weight excluding hydrogens is 413 g/mol. The van der Waals surface area contributed by atoms with Gasteiger partial charge in [0.25, 0.3) is 0 Å². The summed E-state index contributed by atoms with van der Waals surface area (Å²) in [5.41, 5.74) is -1.12. The van der Waals surface area contributed by atoms with Gasteiger partial charge in [0.15, 0.2) is 21.5 Å². The zero-order chi connectivity index (χ0) is 20.8. The van der Waals surface area contributed by atoms with Gasteiger partial charge in [-0.15, -0.1) is 5.10 Å². The van der Waals surface area contributed by atoms with Crippen molar-refractivity contribution in [3.8, 4) is 0 Å². The Labute approximate surface area is 163 Å². The molecule has 12 heteroatoms. The van der Waals surface area contributed by atoms with Gasteiger partial charge in [-0.3, -0.25) is 4.90 Å². The van der Waals surface area contributed by atoms with Crippen LogP contribution in [0.1, 0.15) is 12.0 Å². The Bertz CT molecular complexity index is 1100. The molecule has 2 aliphatic rings. The number of carbonyl (C=O) groups excluding carboxylic acids is 1. The van der Waals surface area contributed by atoms with E-state index in [-0.39, 0.29) is 36.6 Å². The largest absolute Gasteiger partial charge is 0.442 e. The van der Waals surface area contributed by atoms with E-state index in [2.05, 4.69) is 10.3 Å². The molecular formula is C17H15F3N4O4S. The van der Waals surface area contributed by atoms with Gasteiger partial charge in [0.1, 0.15) is 11.9 Å². The van der Waals surface area contributed by atoms with Crippen LogP contribution in [0.2, 0.25) is 0 Å². The number of anilines is 1. The van der Waals surface area contributed by atoms with E-state index < -0.39 is 50.7 Å². The molecule has 1 aromatic heterocycles. The third-order valence-electron chi connectivity index (χ3n) is 4.75. The molecule has 0 radical (unpaired) electrons. The number of allylic oxidation sites excluding steroid dienone is 1. The molecule has 1 aromatic carbocycles. The number of hydrogen-bond donors (Lipinski definition) is 0. The summed E-state index contributed by atoms with van der Waals surface area (Å²) in [4.78, 5) is 12.9. The van der Waals surface area contributed by atoms with Crippen molar-refractivity contribution >= 4 is 27.2 Å². The summed E-state index contributed by atoms with van der Waals surface area (Å²) in [7, 11) is -3.31. The Morgan fingerprint density at radius 3 is 2.69 bits per heavy atom. The first-order valence-corrected chi connectivity index (χ1v) is 10.5. The van der Waals surface area contributed by atoms with Crippen molar-refractivity contribution in [1.29, 1.82) is 0 Å². The number of sulfone groups is 1. The van der Waals surface area contributed by atoms with Gasteiger partial charge in [-0.05, 0) is 12.0 Å². The molecule has 1 saturated heterocycles. The average Bonchev–Trinajstić information content (AvgIpc) is 3.29. The average molecular weight is 428 g/mol. The molecule has 154 valence electrons. The van der Waals surface area contributed by atoms with Gasteiger partial charge in [0.2, 0.25) is 0 Å². The molecule has 0 unspecified atom stereocenters. The lowest BCUT2D eigenvalue weighted by molar-refractivity contribution is 0.129. The molecule has 1 amide bonds. The van der Waals surface area contributed by atoms with Gasteiger partial charge in [0.05, 0.1) is 42.0 Å². The number of cyclic esters (lactones) is 1. The highest BCUT2D eigenvalue weighted by Crippen LogP contribution is 2.35. The molecule has 1 atom stereocenters. The Hall–Kier alpha value is -2.89. The van der Waals surface area contributed by atoms with E-state index in [1.54, 1.807) is 6.20 Å². The molecule has 0 spiro atoms. The quantitative estimate of drug-likeness (QED) is 0.691. The van der Waals surface area contributed by atoms with Gasteiger partial charge in [-0.2, -0.15) is 0 Å². The van der Waals surface area contributed by atoms with Gasteiger partial charge < -0.3 is 4.74 Å². The van der Waals surface area contributed by atoms with E-state index in [4.69, 9.17) is 4.74 Å². The van der Waals surface area contributed by atoms with Crippen molar-refractivity contribution < 1.29 is 31.1 Å². The van der Waals surface area contributed by atoms with Gasteiger partial charge in [-0.25, -0.2) is 31.1 Å². The number of rotatable bonds is 4. The molecule has 4 rings (SSSR count). The fraction of sp³-hybridized carbons (Fsp3) is 0.353. The van der Waals surface area contributed by atoms with Crippen LogP contribution in [0.3, 0.4) is 0 Å². The summed E-state index contributed by atoms with van der Waals surface area (Å²) >= 11 is 0. The summed E-state index contributed by atoms with van der Waals surface area (Å²) < 4.78 is 73.6. The molecule has 0 saturated carbocycles. The Morgan fingerprint density at radius 2 is 2.03 bits per heavy atom. The topological polar surface area (TPSA) is 94.4 Å². The predicted octanol–water partition coefficient (Wildman–Crippen LogP) is 1.92. The summed E-state index contributed by atoms with van der Waals surface area (Å²) in [5, 5.41) is 7.35. The third-order valence-corrected chi connectivity index (χ3v) is 6.25. The van der Waals surface area contributed by atoms with E-state index in [9.17, 15) is 26.4 Å². The molecule has 0 aliphatic carbocycles. The standard InChI is InChI=1S/C17H15F3N4O4S/c18-12-7-13(24-9-11(28-17(24)25)8-23-4-3-21-22-23)15(19)16(20)14(12)10-1-5-29(26,27)6-2-10/h1,3-4,7,11H,2,5-6,8-9H2/t11-/m0/s1. The fourth-order valence-corrected chi connectivity index (χ4v) is 4.48.